The number of rotatable bonds is 1. The van der Waals surface area contributed by atoms with Crippen molar-refractivity contribution in [2.45, 2.75) is 9.79 Å². The summed E-state index contributed by atoms with van der Waals surface area (Å²) in [6.07, 6.45) is 0. The number of para-hydroxylation sites is 1. The molecule has 1 aliphatic heterocycles. The Morgan fingerprint density at radius 2 is 2.00 bits per heavy atom. The van der Waals surface area contributed by atoms with Crippen molar-refractivity contribution in [2.75, 3.05) is 5.32 Å². The Morgan fingerprint density at radius 3 is 2.82 bits per heavy atom. The zero-order valence-corrected chi connectivity index (χ0v) is 10.2. The van der Waals surface area contributed by atoms with Gasteiger partial charge in [-0.3, -0.25) is 4.79 Å². The fraction of sp³-hybridized carbons (Fsp3) is 0. The average Bonchev–Trinajstić information content (AvgIpc) is 2.35. The van der Waals surface area contributed by atoms with Gasteiger partial charge in [-0.2, -0.15) is 0 Å². The summed E-state index contributed by atoms with van der Waals surface area (Å²) in [4.78, 5) is 17.4. The molecule has 0 bridgehead atoms. The van der Waals surface area contributed by atoms with Crippen LogP contribution >= 0.6 is 23.4 Å². The van der Waals surface area contributed by atoms with E-state index in [9.17, 15) is 4.79 Å². The molecule has 84 valence electrons. The van der Waals surface area contributed by atoms with E-state index in [-0.39, 0.29) is 5.69 Å². The highest BCUT2D eigenvalue weighted by atomic mass is 35.5. The summed E-state index contributed by atoms with van der Waals surface area (Å²) in [7, 11) is 0. The molecule has 1 aliphatic rings. The Labute approximate surface area is 107 Å². The summed E-state index contributed by atoms with van der Waals surface area (Å²) >= 11 is 7.03. The number of anilines is 2. The Hall–Kier alpha value is -1.52. The van der Waals surface area contributed by atoms with E-state index in [0.717, 1.165) is 15.5 Å². The molecule has 0 amide bonds. The molecule has 0 aliphatic carbocycles. The molecule has 0 atom stereocenters. The van der Waals surface area contributed by atoms with Gasteiger partial charge in [0.15, 0.2) is 0 Å². The number of aromatic nitrogens is 1. The number of nitrogens with zero attached hydrogens (tertiary/aromatic N) is 1. The van der Waals surface area contributed by atoms with Gasteiger partial charge in [-0.1, -0.05) is 23.9 Å². The van der Waals surface area contributed by atoms with Crippen molar-refractivity contribution in [2.24, 2.45) is 0 Å². The monoisotopic (exact) mass is 262 g/mol. The average molecular weight is 263 g/mol. The number of hydrogen-bond acceptors (Lipinski definition) is 4. The van der Waals surface area contributed by atoms with Gasteiger partial charge < -0.3 is 5.32 Å². The van der Waals surface area contributed by atoms with E-state index < -0.39 is 5.24 Å². The van der Waals surface area contributed by atoms with Crippen LogP contribution in [0.5, 0.6) is 0 Å². The number of nitrogens with one attached hydrogen (secondary N) is 1. The molecule has 0 radical (unpaired) electrons. The summed E-state index contributed by atoms with van der Waals surface area (Å²) < 4.78 is 0. The van der Waals surface area contributed by atoms with E-state index in [1.54, 1.807) is 17.8 Å². The maximum absolute atomic E-state index is 11.0. The lowest BCUT2D eigenvalue weighted by molar-refractivity contribution is 0.107. The zero-order chi connectivity index (χ0) is 11.8. The number of carbonyl (C=O) groups excluding carboxylic acids is 1. The van der Waals surface area contributed by atoms with Crippen LogP contribution in [0, 0.1) is 0 Å². The van der Waals surface area contributed by atoms with Crippen LogP contribution in [0.3, 0.4) is 0 Å². The molecule has 2 heterocycles. The first-order valence-corrected chi connectivity index (χ1v) is 6.18. The van der Waals surface area contributed by atoms with Crippen molar-refractivity contribution in [3.63, 3.8) is 0 Å². The lowest BCUT2D eigenvalue weighted by atomic mass is 10.3. The van der Waals surface area contributed by atoms with Crippen LogP contribution in [0.4, 0.5) is 11.5 Å². The SMILES string of the molecule is O=C(Cl)c1ccc2c(n1)Nc1ccccc1S2. The third-order valence-electron chi connectivity index (χ3n) is 2.42. The van der Waals surface area contributed by atoms with Gasteiger partial charge in [-0.15, -0.1) is 0 Å². The van der Waals surface area contributed by atoms with Crippen LogP contribution < -0.4 is 5.32 Å². The fourth-order valence-corrected chi connectivity index (χ4v) is 2.68. The van der Waals surface area contributed by atoms with Gasteiger partial charge in [0.2, 0.25) is 0 Å². The first-order chi connectivity index (χ1) is 8.24. The second-order valence-corrected chi connectivity index (χ2v) is 4.97. The van der Waals surface area contributed by atoms with Crippen molar-refractivity contribution in [1.29, 1.82) is 0 Å². The molecule has 5 heteroatoms. The Balaban J connectivity index is 2.06. The minimum absolute atomic E-state index is 0.262. The van der Waals surface area contributed by atoms with Crippen molar-refractivity contribution in [3.8, 4) is 0 Å². The quantitative estimate of drug-likeness (QED) is 0.680. The first kappa shape index (κ1) is 10.6. The standard InChI is InChI=1S/C12H7ClN2OS/c13-11(16)8-5-6-10-12(15-8)14-7-3-1-2-4-9(7)17-10/h1-6H,(H,14,15). The van der Waals surface area contributed by atoms with Crippen LogP contribution in [-0.2, 0) is 0 Å². The maximum atomic E-state index is 11.0. The number of pyridine rings is 1. The highest BCUT2D eigenvalue weighted by Gasteiger charge is 2.17. The van der Waals surface area contributed by atoms with Gasteiger partial charge >= 0.3 is 0 Å². The lowest BCUT2D eigenvalue weighted by Gasteiger charge is -2.19. The Morgan fingerprint density at radius 1 is 1.18 bits per heavy atom. The molecule has 0 unspecified atom stereocenters. The molecule has 3 rings (SSSR count). The van der Waals surface area contributed by atoms with Crippen LogP contribution in [-0.4, -0.2) is 10.2 Å². The minimum atomic E-state index is -0.543. The molecule has 1 aromatic heterocycles. The van der Waals surface area contributed by atoms with Crippen LogP contribution in [0.1, 0.15) is 10.5 Å². The molecule has 0 saturated heterocycles. The maximum Gasteiger partial charge on any atom is 0.270 e. The molecular weight excluding hydrogens is 256 g/mol. The number of halogens is 1. The van der Waals surface area contributed by atoms with E-state index in [1.807, 2.05) is 30.3 Å². The first-order valence-electron chi connectivity index (χ1n) is 4.99. The second-order valence-electron chi connectivity index (χ2n) is 3.54. The van der Waals surface area contributed by atoms with Gasteiger partial charge in [0.25, 0.3) is 5.24 Å². The number of carbonyl (C=O) groups is 1. The zero-order valence-electron chi connectivity index (χ0n) is 8.61. The fourth-order valence-electron chi connectivity index (χ4n) is 1.63. The van der Waals surface area contributed by atoms with Crippen molar-refractivity contribution in [1.82, 2.24) is 4.98 Å². The van der Waals surface area contributed by atoms with Gasteiger partial charge in [-0.25, -0.2) is 4.98 Å². The minimum Gasteiger partial charge on any atom is -0.338 e. The number of hydrogen-bond donors (Lipinski definition) is 1. The summed E-state index contributed by atoms with van der Waals surface area (Å²) in [6, 6.07) is 11.4. The van der Waals surface area contributed by atoms with Gasteiger partial charge in [0.05, 0.1) is 10.6 Å². The smallest absolute Gasteiger partial charge is 0.270 e. The van der Waals surface area contributed by atoms with Gasteiger partial charge in [-0.05, 0) is 35.9 Å². The Bertz CT molecular complexity index is 615. The van der Waals surface area contributed by atoms with Crippen molar-refractivity contribution in [3.05, 3.63) is 42.1 Å². The molecule has 1 aromatic carbocycles. The largest absolute Gasteiger partial charge is 0.338 e. The summed E-state index contributed by atoms with van der Waals surface area (Å²) in [6.45, 7) is 0. The van der Waals surface area contributed by atoms with E-state index in [0.29, 0.717) is 5.82 Å². The third-order valence-corrected chi connectivity index (χ3v) is 3.74. The highest BCUT2D eigenvalue weighted by molar-refractivity contribution is 7.99. The molecular formula is C12H7ClN2OS. The molecule has 1 N–H and O–H groups in total. The second kappa shape index (κ2) is 4.05. The molecule has 0 saturated carbocycles. The Kier molecular flexibility index (Phi) is 2.53. The summed E-state index contributed by atoms with van der Waals surface area (Å²) in [5, 5.41) is 2.65. The lowest BCUT2D eigenvalue weighted by Crippen LogP contribution is -2.04. The predicted octanol–water partition coefficient (Wildman–Crippen LogP) is 3.67. The van der Waals surface area contributed by atoms with E-state index in [2.05, 4.69) is 10.3 Å². The van der Waals surface area contributed by atoms with Crippen molar-refractivity contribution >= 4 is 40.1 Å². The van der Waals surface area contributed by atoms with E-state index in [1.165, 1.54) is 0 Å². The van der Waals surface area contributed by atoms with Crippen LogP contribution in [0.15, 0.2) is 46.2 Å². The van der Waals surface area contributed by atoms with Gasteiger partial charge in [0.1, 0.15) is 11.5 Å². The summed E-state index contributed by atoms with van der Waals surface area (Å²) in [5.74, 6) is 0.681. The third kappa shape index (κ3) is 1.90. The van der Waals surface area contributed by atoms with Crippen LogP contribution in [0.2, 0.25) is 0 Å². The normalized spacial score (nSPS) is 12.3. The van der Waals surface area contributed by atoms with Crippen molar-refractivity contribution < 1.29 is 4.79 Å². The molecule has 0 spiro atoms. The highest BCUT2D eigenvalue weighted by Crippen LogP contribution is 2.42. The number of benzene rings is 1. The van der Waals surface area contributed by atoms with E-state index in [4.69, 9.17) is 11.6 Å². The topological polar surface area (TPSA) is 42.0 Å². The van der Waals surface area contributed by atoms with Crippen LogP contribution in [0.25, 0.3) is 0 Å². The number of fused-ring (bicyclic) bond motifs is 2. The molecule has 3 nitrogen and oxygen atoms in total. The molecule has 17 heavy (non-hydrogen) atoms. The molecule has 2 aromatic rings. The van der Waals surface area contributed by atoms with E-state index >= 15 is 0 Å². The van der Waals surface area contributed by atoms with Gasteiger partial charge in [0, 0.05) is 4.90 Å². The predicted molar refractivity (Wildman–Crippen MR) is 68.3 cm³/mol. The molecule has 0 fully saturated rings. The summed E-state index contributed by atoms with van der Waals surface area (Å²) in [5.41, 5.74) is 1.26.